The van der Waals surface area contributed by atoms with Gasteiger partial charge in [0.15, 0.2) is 35.0 Å². The number of esters is 1. The second-order valence-corrected chi connectivity index (χ2v) is 14.5. The van der Waals surface area contributed by atoms with Crippen molar-refractivity contribution in [3.63, 3.8) is 0 Å². The number of nitrogens with zero attached hydrogens (tertiary/aromatic N) is 1. The Morgan fingerprint density at radius 3 is 2.50 bits per heavy atom. The molecule has 4 heterocycles. The van der Waals surface area contributed by atoms with E-state index in [-0.39, 0.29) is 43.1 Å². The molecule has 8 rings (SSSR count). The van der Waals surface area contributed by atoms with Crippen molar-refractivity contribution in [2.45, 2.75) is 74.5 Å². The number of carbonyl (C=O) groups is 3. The number of rotatable bonds is 7. The molecular weight excluding hydrogens is 588 g/mol. The van der Waals surface area contributed by atoms with E-state index in [9.17, 15) is 23.9 Å². The Labute approximate surface area is 246 Å². The van der Waals surface area contributed by atoms with Crippen LogP contribution in [0.15, 0.2) is 12.1 Å². The zero-order chi connectivity index (χ0) is 29.1. The van der Waals surface area contributed by atoms with E-state index in [4.69, 9.17) is 14.6 Å². The number of aliphatic carboxylic acids is 1. The van der Waals surface area contributed by atoms with Gasteiger partial charge in [0.1, 0.15) is 0 Å². The molecule has 8 nitrogen and oxygen atoms in total. The van der Waals surface area contributed by atoms with E-state index in [1.165, 1.54) is 12.8 Å². The maximum absolute atomic E-state index is 15.1. The van der Waals surface area contributed by atoms with Crippen molar-refractivity contribution < 1.29 is 42.9 Å². The third-order valence-electron chi connectivity index (χ3n) is 9.93. The second-order valence-electron chi connectivity index (χ2n) is 12.3. The zero-order valence-corrected chi connectivity index (χ0v) is 24.0. The minimum atomic E-state index is -1.22. The summed E-state index contributed by atoms with van der Waals surface area (Å²) in [5.74, 6) is -2.53. The molecule has 2 N–H and O–H groups in total. The zero-order valence-electron chi connectivity index (χ0n) is 22.4. The van der Waals surface area contributed by atoms with Gasteiger partial charge in [0.05, 0.1) is 43.0 Å². The number of likely N-dealkylation sites (tertiary alicyclic amines) is 1. The van der Waals surface area contributed by atoms with Crippen LogP contribution < -0.4 is 9.47 Å². The number of halogens is 2. The van der Waals surface area contributed by atoms with E-state index < -0.39 is 53.5 Å². The van der Waals surface area contributed by atoms with Gasteiger partial charge in [0.2, 0.25) is 0 Å². The topological polar surface area (TPSA) is 113 Å². The van der Waals surface area contributed by atoms with Crippen LogP contribution in [0.5, 0.6) is 11.5 Å². The number of ether oxygens (including phenoxy) is 2. The van der Waals surface area contributed by atoms with Gasteiger partial charge in [-0.05, 0) is 56.2 Å². The molecule has 220 valence electrons. The smallest absolute Gasteiger partial charge is 0.316 e. The number of ketones is 1. The molecule has 42 heavy (non-hydrogen) atoms. The Hall–Kier alpha value is -2.93. The molecular formula is C30H27F2NO7S2. The molecule has 2 aromatic heterocycles. The largest absolute Gasteiger partial charge is 0.481 e. The Kier molecular flexibility index (Phi) is 5.74. The van der Waals surface area contributed by atoms with Crippen LogP contribution in [0, 0.1) is 17.6 Å². The number of piperidine rings is 1. The Balaban J connectivity index is 1.11. The number of hydrogen-bond acceptors (Lipinski definition) is 9. The first-order chi connectivity index (χ1) is 20.1. The minimum absolute atomic E-state index is 0.0139. The van der Waals surface area contributed by atoms with Crippen LogP contribution in [0.4, 0.5) is 8.78 Å². The van der Waals surface area contributed by atoms with Crippen LogP contribution in [0.25, 0.3) is 9.40 Å². The van der Waals surface area contributed by atoms with Gasteiger partial charge in [-0.25, -0.2) is 8.78 Å². The summed E-state index contributed by atoms with van der Waals surface area (Å²) in [6.07, 6.45) is 2.30. The molecule has 1 saturated heterocycles. The number of aliphatic hydroxyl groups is 1. The number of benzene rings is 1. The Morgan fingerprint density at radius 1 is 1.10 bits per heavy atom. The van der Waals surface area contributed by atoms with Crippen LogP contribution in [-0.4, -0.2) is 63.7 Å². The summed E-state index contributed by atoms with van der Waals surface area (Å²) in [4.78, 5) is 39.6. The van der Waals surface area contributed by atoms with Crippen molar-refractivity contribution in [3.8, 4) is 11.5 Å². The lowest BCUT2D eigenvalue weighted by Crippen LogP contribution is -2.76. The van der Waals surface area contributed by atoms with E-state index in [1.807, 2.05) is 6.07 Å². The van der Waals surface area contributed by atoms with E-state index in [0.29, 0.717) is 30.9 Å². The number of Topliss-reactive ketones (excluding diaryl/α,β-unsaturated/α-hetero) is 1. The van der Waals surface area contributed by atoms with Gasteiger partial charge in [-0.2, -0.15) is 0 Å². The first kappa shape index (κ1) is 26.7. The fraction of sp³-hybridized carbons (Fsp3) is 0.500. The van der Waals surface area contributed by atoms with Crippen LogP contribution in [-0.2, 0) is 39.1 Å². The van der Waals surface area contributed by atoms with E-state index in [2.05, 4.69) is 4.90 Å². The molecule has 4 atom stereocenters. The molecule has 0 unspecified atom stereocenters. The highest BCUT2D eigenvalue weighted by atomic mass is 32.1. The number of thiophene rings is 2. The summed E-state index contributed by atoms with van der Waals surface area (Å²) in [6, 6.07) is 3.39. The predicted molar refractivity (Wildman–Crippen MR) is 148 cm³/mol. The van der Waals surface area contributed by atoms with Gasteiger partial charge < -0.3 is 19.7 Å². The average molecular weight is 616 g/mol. The molecule has 2 bridgehead atoms. The summed E-state index contributed by atoms with van der Waals surface area (Å²) >= 11 is 1.49. The second kappa shape index (κ2) is 9.04. The normalized spacial score (nSPS) is 29.5. The standard InChI is InChI=1S/C30H27F2NO7S2/c31-23-17(10-20(35)36)41-27-24(32)18(42-26(23)27)11-21(37)39-16-4-3-14-9-19-30(38)6-5-15(34)28-29(30,22(14)25(16)40-28)7-8-33(19)12-13-1-2-13/h3-4,13,19,28,38H,1-2,5-12H2,(H,35,36)/t19-,28+,29+,30-/m1/s1. The summed E-state index contributed by atoms with van der Waals surface area (Å²) in [5.41, 5.74) is -0.316. The van der Waals surface area contributed by atoms with Gasteiger partial charge >= 0.3 is 11.9 Å². The van der Waals surface area contributed by atoms with Crippen LogP contribution in [0.1, 0.15) is 53.0 Å². The molecule has 2 aliphatic heterocycles. The monoisotopic (exact) mass is 615 g/mol. The molecule has 3 aromatic rings. The van der Waals surface area contributed by atoms with Gasteiger partial charge in [0, 0.05) is 24.6 Å². The van der Waals surface area contributed by atoms with Gasteiger partial charge in [-0.15, -0.1) is 22.7 Å². The molecule has 3 fully saturated rings. The van der Waals surface area contributed by atoms with E-state index in [0.717, 1.165) is 46.9 Å². The van der Waals surface area contributed by atoms with Crippen molar-refractivity contribution in [2.75, 3.05) is 13.1 Å². The van der Waals surface area contributed by atoms with Crippen LogP contribution in [0.2, 0.25) is 0 Å². The highest BCUT2D eigenvalue weighted by molar-refractivity contribution is 7.28. The Morgan fingerprint density at radius 2 is 1.81 bits per heavy atom. The Bertz CT molecular complexity index is 1710. The number of carboxylic acids is 1. The van der Waals surface area contributed by atoms with E-state index >= 15 is 4.39 Å². The summed E-state index contributed by atoms with van der Waals surface area (Å²) in [6.45, 7) is 1.70. The number of carbonyl (C=O) groups excluding carboxylic acids is 2. The molecule has 3 aliphatic carbocycles. The van der Waals surface area contributed by atoms with Crippen molar-refractivity contribution in [1.82, 2.24) is 4.90 Å². The maximum Gasteiger partial charge on any atom is 0.316 e. The number of hydrogen-bond donors (Lipinski definition) is 2. The molecule has 5 aliphatic rings. The lowest BCUT2D eigenvalue weighted by Gasteiger charge is -2.62. The van der Waals surface area contributed by atoms with Crippen molar-refractivity contribution in [3.05, 3.63) is 44.6 Å². The van der Waals surface area contributed by atoms with Gasteiger partial charge in [0.25, 0.3) is 0 Å². The highest BCUT2D eigenvalue weighted by Gasteiger charge is 2.73. The molecule has 1 spiro atoms. The first-order valence-electron chi connectivity index (χ1n) is 14.2. The van der Waals surface area contributed by atoms with E-state index in [1.54, 1.807) is 6.07 Å². The molecule has 0 amide bonds. The first-order valence-corrected chi connectivity index (χ1v) is 15.9. The summed E-state index contributed by atoms with van der Waals surface area (Å²) in [7, 11) is 0. The predicted octanol–water partition coefficient (Wildman–Crippen LogP) is 4.15. The summed E-state index contributed by atoms with van der Waals surface area (Å²) < 4.78 is 41.8. The van der Waals surface area contributed by atoms with Crippen molar-refractivity contribution in [2.24, 2.45) is 5.92 Å². The molecule has 12 heteroatoms. The maximum atomic E-state index is 15.1. The SMILES string of the molecule is O=C(O)Cc1sc2c(F)c(CC(=O)Oc3ccc4c5c3O[C@H]3C(=O)CC[C@@]6(O)[C@@H](C4)N(CC4CC4)CC[C@]536)sc2c1F. The molecule has 1 aromatic carbocycles. The lowest BCUT2D eigenvalue weighted by atomic mass is 9.49. The van der Waals surface area contributed by atoms with Crippen LogP contribution in [0.3, 0.4) is 0 Å². The fourth-order valence-corrected chi connectivity index (χ4v) is 10.4. The van der Waals surface area contributed by atoms with Gasteiger partial charge in [-0.3, -0.25) is 19.3 Å². The van der Waals surface area contributed by atoms with Crippen LogP contribution >= 0.6 is 22.7 Å². The number of carboxylic acid groups (broad SMARTS) is 1. The average Bonchev–Trinajstić information content (AvgIpc) is 3.52. The van der Waals surface area contributed by atoms with Crippen molar-refractivity contribution in [1.29, 1.82) is 0 Å². The van der Waals surface area contributed by atoms with Gasteiger partial charge in [-0.1, -0.05) is 6.07 Å². The summed E-state index contributed by atoms with van der Waals surface area (Å²) in [5, 5.41) is 21.4. The molecule has 2 saturated carbocycles. The van der Waals surface area contributed by atoms with Crippen molar-refractivity contribution >= 4 is 49.8 Å². The number of fused-ring (bicyclic) bond motifs is 1. The highest BCUT2D eigenvalue weighted by Crippen LogP contribution is 2.65. The minimum Gasteiger partial charge on any atom is -0.481 e. The third kappa shape index (κ3) is 3.58. The fourth-order valence-electron chi connectivity index (χ4n) is 7.96. The quantitative estimate of drug-likeness (QED) is 0.301. The third-order valence-corrected chi connectivity index (χ3v) is 12.4. The molecule has 0 radical (unpaired) electrons. The lowest BCUT2D eigenvalue weighted by molar-refractivity contribution is -0.188.